The van der Waals surface area contributed by atoms with Crippen molar-refractivity contribution in [2.24, 2.45) is 14.1 Å². The molecule has 0 amide bonds. The van der Waals surface area contributed by atoms with E-state index >= 15 is 0 Å². The van der Waals surface area contributed by atoms with Crippen molar-refractivity contribution >= 4 is 40.8 Å². The molecule has 11 heteroatoms. The van der Waals surface area contributed by atoms with Gasteiger partial charge in [-0.15, -0.1) is 0 Å². The summed E-state index contributed by atoms with van der Waals surface area (Å²) in [6, 6.07) is 2.42. The second kappa shape index (κ2) is 7.08. The third-order valence-corrected chi connectivity index (χ3v) is 3.71. The SMILES string of the molecule is Cn1c(N)c(C(=O)COC(=O)c2cc(Cl)nc(Cl)c2)c(=O)n(C)c1=O. The molecule has 0 atom stereocenters. The second-order valence-corrected chi connectivity index (χ2v) is 5.74. The van der Waals surface area contributed by atoms with Crippen LogP contribution in [0.1, 0.15) is 20.7 Å². The smallest absolute Gasteiger partial charge is 0.338 e. The molecule has 2 rings (SSSR count). The number of halogens is 2. The van der Waals surface area contributed by atoms with Crippen LogP contribution < -0.4 is 17.0 Å². The number of anilines is 1. The lowest BCUT2D eigenvalue weighted by Crippen LogP contribution is -2.42. The molecule has 0 spiro atoms. The van der Waals surface area contributed by atoms with E-state index < -0.39 is 35.2 Å². The van der Waals surface area contributed by atoms with Gasteiger partial charge in [-0.1, -0.05) is 23.2 Å². The molecular formula is C14H12Cl2N4O5. The van der Waals surface area contributed by atoms with Crippen molar-refractivity contribution in [1.29, 1.82) is 0 Å². The highest BCUT2D eigenvalue weighted by atomic mass is 35.5. The summed E-state index contributed by atoms with van der Waals surface area (Å²) in [6.45, 7) is -0.756. The zero-order valence-corrected chi connectivity index (χ0v) is 14.6. The van der Waals surface area contributed by atoms with Gasteiger partial charge in [0.25, 0.3) is 5.56 Å². The molecule has 0 aliphatic heterocycles. The van der Waals surface area contributed by atoms with Gasteiger partial charge in [0.15, 0.2) is 6.61 Å². The Morgan fingerprint density at radius 1 is 1.16 bits per heavy atom. The quantitative estimate of drug-likeness (QED) is 0.457. The van der Waals surface area contributed by atoms with Gasteiger partial charge in [0, 0.05) is 14.1 Å². The van der Waals surface area contributed by atoms with Gasteiger partial charge in [-0.3, -0.25) is 18.7 Å². The fraction of sp³-hybridized carbons (Fsp3) is 0.214. The minimum atomic E-state index is -0.889. The van der Waals surface area contributed by atoms with Crippen LogP contribution in [-0.2, 0) is 18.8 Å². The van der Waals surface area contributed by atoms with E-state index in [1.54, 1.807) is 0 Å². The van der Waals surface area contributed by atoms with Crippen molar-refractivity contribution in [3.63, 3.8) is 0 Å². The number of aromatic nitrogens is 3. The van der Waals surface area contributed by atoms with Gasteiger partial charge in [-0.05, 0) is 12.1 Å². The topological polar surface area (TPSA) is 126 Å². The van der Waals surface area contributed by atoms with Crippen LogP contribution in [0.25, 0.3) is 0 Å². The maximum atomic E-state index is 12.2. The Balaban J connectivity index is 2.25. The molecule has 0 aromatic carbocycles. The van der Waals surface area contributed by atoms with E-state index in [1.165, 1.54) is 26.2 Å². The molecule has 0 bridgehead atoms. The van der Waals surface area contributed by atoms with E-state index in [0.717, 1.165) is 9.13 Å². The Morgan fingerprint density at radius 2 is 1.72 bits per heavy atom. The lowest BCUT2D eigenvalue weighted by Gasteiger charge is -2.11. The van der Waals surface area contributed by atoms with Crippen LogP contribution >= 0.6 is 23.2 Å². The standard InChI is InChI=1S/C14H12Cl2N4O5/c1-19-11(17)10(12(22)20(2)14(19)24)7(21)5-25-13(23)6-3-8(15)18-9(16)4-6/h3-4H,5,17H2,1-2H3. The van der Waals surface area contributed by atoms with E-state index in [9.17, 15) is 19.2 Å². The van der Waals surface area contributed by atoms with Gasteiger partial charge in [0.1, 0.15) is 21.7 Å². The molecule has 0 aliphatic carbocycles. The van der Waals surface area contributed by atoms with Crippen LogP contribution in [0.4, 0.5) is 5.82 Å². The predicted molar refractivity (Wildman–Crippen MR) is 90.2 cm³/mol. The first-order valence-electron chi connectivity index (χ1n) is 6.72. The van der Waals surface area contributed by atoms with Gasteiger partial charge >= 0.3 is 11.7 Å². The number of rotatable bonds is 4. The fourth-order valence-electron chi connectivity index (χ4n) is 1.99. The number of esters is 1. The highest BCUT2D eigenvalue weighted by Crippen LogP contribution is 2.15. The average Bonchev–Trinajstić information content (AvgIpc) is 2.55. The average molecular weight is 387 g/mol. The highest BCUT2D eigenvalue weighted by molar-refractivity contribution is 6.32. The minimum Gasteiger partial charge on any atom is -0.454 e. The van der Waals surface area contributed by atoms with E-state index in [-0.39, 0.29) is 21.7 Å². The number of hydrogen-bond donors (Lipinski definition) is 1. The molecular weight excluding hydrogens is 375 g/mol. The van der Waals surface area contributed by atoms with Gasteiger partial charge in [0.05, 0.1) is 5.56 Å². The van der Waals surface area contributed by atoms with E-state index in [1.807, 2.05) is 0 Å². The second-order valence-electron chi connectivity index (χ2n) is 4.97. The summed E-state index contributed by atoms with van der Waals surface area (Å²) in [6.07, 6.45) is 0. The zero-order valence-electron chi connectivity index (χ0n) is 13.1. The third kappa shape index (κ3) is 3.72. The van der Waals surface area contributed by atoms with E-state index in [0.29, 0.717) is 0 Å². The summed E-state index contributed by atoms with van der Waals surface area (Å²) in [5.74, 6) is -2.06. The summed E-state index contributed by atoms with van der Waals surface area (Å²) in [5.41, 5.74) is 3.64. The number of carbonyl (C=O) groups is 2. The van der Waals surface area contributed by atoms with Crippen molar-refractivity contribution in [3.05, 3.63) is 54.4 Å². The molecule has 132 valence electrons. The fourth-order valence-corrected chi connectivity index (χ4v) is 2.45. The summed E-state index contributed by atoms with van der Waals surface area (Å²) < 4.78 is 6.52. The lowest BCUT2D eigenvalue weighted by molar-refractivity contribution is 0.0474. The largest absolute Gasteiger partial charge is 0.454 e. The maximum Gasteiger partial charge on any atom is 0.338 e. The van der Waals surface area contributed by atoms with Crippen molar-refractivity contribution in [2.75, 3.05) is 12.3 Å². The summed E-state index contributed by atoms with van der Waals surface area (Å²) in [5, 5.41) is -0.0519. The minimum absolute atomic E-state index is 0.0147. The summed E-state index contributed by atoms with van der Waals surface area (Å²) >= 11 is 11.4. The lowest BCUT2D eigenvalue weighted by atomic mass is 10.2. The highest BCUT2D eigenvalue weighted by Gasteiger charge is 2.22. The molecule has 2 N–H and O–H groups in total. The number of nitrogens with zero attached hydrogens (tertiary/aromatic N) is 3. The van der Waals surface area contributed by atoms with E-state index in [2.05, 4.69) is 4.98 Å². The first kappa shape index (κ1) is 18.7. The number of nitrogens with two attached hydrogens (primary N) is 1. The van der Waals surface area contributed by atoms with Gasteiger partial charge in [0.2, 0.25) is 5.78 Å². The Hall–Kier alpha value is -2.65. The van der Waals surface area contributed by atoms with Crippen LogP contribution in [0, 0.1) is 0 Å². The van der Waals surface area contributed by atoms with Crippen LogP contribution in [0.3, 0.4) is 0 Å². The molecule has 0 saturated carbocycles. The van der Waals surface area contributed by atoms with Crippen LogP contribution in [0.15, 0.2) is 21.7 Å². The number of Topliss-reactive ketones (excluding diaryl/α,β-unsaturated/α-hetero) is 1. The van der Waals surface area contributed by atoms with Crippen molar-refractivity contribution < 1.29 is 14.3 Å². The molecule has 25 heavy (non-hydrogen) atoms. The first-order valence-corrected chi connectivity index (χ1v) is 7.48. The Labute approximate surface area is 150 Å². The molecule has 2 aromatic rings. The Bertz CT molecular complexity index is 976. The molecule has 2 heterocycles. The number of carbonyl (C=O) groups excluding carboxylic acids is 2. The number of nitrogen functional groups attached to an aromatic ring is 1. The third-order valence-electron chi connectivity index (χ3n) is 3.32. The van der Waals surface area contributed by atoms with Crippen molar-refractivity contribution in [1.82, 2.24) is 14.1 Å². The molecule has 9 nitrogen and oxygen atoms in total. The molecule has 0 saturated heterocycles. The Morgan fingerprint density at radius 3 is 2.28 bits per heavy atom. The van der Waals surface area contributed by atoms with Crippen molar-refractivity contribution in [2.45, 2.75) is 0 Å². The maximum absolute atomic E-state index is 12.2. The van der Waals surface area contributed by atoms with Crippen LogP contribution in [-0.4, -0.2) is 32.5 Å². The van der Waals surface area contributed by atoms with Crippen LogP contribution in [0.5, 0.6) is 0 Å². The Kier molecular flexibility index (Phi) is 5.29. The number of ether oxygens (including phenoxy) is 1. The first-order chi connectivity index (χ1) is 11.6. The summed E-state index contributed by atoms with van der Waals surface area (Å²) in [7, 11) is 2.51. The normalized spacial score (nSPS) is 10.6. The number of pyridine rings is 1. The van der Waals surface area contributed by atoms with Gasteiger partial charge in [-0.2, -0.15) is 0 Å². The molecule has 0 unspecified atom stereocenters. The zero-order chi connectivity index (χ0) is 18.9. The molecule has 0 fully saturated rings. The van der Waals surface area contributed by atoms with Gasteiger partial charge in [-0.25, -0.2) is 14.6 Å². The van der Waals surface area contributed by atoms with Crippen molar-refractivity contribution in [3.8, 4) is 0 Å². The molecule has 0 aliphatic rings. The van der Waals surface area contributed by atoms with E-state index in [4.69, 9.17) is 33.7 Å². The van der Waals surface area contributed by atoms with Gasteiger partial charge < -0.3 is 10.5 Å². The predicted octanol–water partition coefficient (Wildman–Crippen LogP) is 0.408. The molecule has 0 radical (unpaired) electrons. The number of ketones is 1. The van der Waals surface area contributed by atoms with Crippen LogP contribution in [0.2, 0.25) is 10.3 Å². The molecule has 2 aromatic heterocycles. The monoisotopic (exact) mass is 386 g/mol. The number of hydrogen-bond acceptors (Lipinski definition) is 7. The summed E-state index contributed by atoms with van der Waals surface area (Å²) in [4.78, 5) is 51.6.